The molecule has 1 aromatic rings. The zero-order valence-electron chi connectivity index (χ0n) is 13.1. The number of halogens is 1. The maximum atomic E-state index is 14.3. The van der Waals surface area contributed by atoms with Gasteiger partial charge in [0.25, 0.3) is 0 Å². The summed E-state index contributed by atoms with van der Waals surface area (Å²) < 4.78 is 14.3. The average molecular weight is 278 g/mol. The van der Waals surface area contributed by atoms with Crippen molar-refractivity contribution in [2.75, 3.05) is 25.0 Å². The second kappa shape index (κ2) is 6.57. The highest BCUT2D eigenvalue weighted by Gasteiger charge is 2.23. The van der Waals surface area contributed by atoms with E-state index < -0.39 is 0 Å². The molecule has 1 saturated heterocycles. The largest absolute Gasteiger partial charge is 0.369 e. The molecule has 1 aliphatic rings. The second-order valence-corrected chi connectivity index (χ2v) is 6.29. The fraction of sp³-hybridized carbons (Fsp3) is 0.647. The van der Waals surface area contributed by atoms with E-state index in [4.69, 9.17) is 0 Å². The number of benzene rings is 1. The van der Waals surface area contributed by atoms with Gasteiger partial charge in [0.2, 0.25) is 0 Å². The molecule has 2 rings (SSSR count). The summed E-state index contributed by atoms with van der Waals surface area (Å²) in [4.78, 5) is 2.20. The number of nitrogens with one attached hydrogen (secondary N) is 1. The summed E-state index contributed by atoms with van der Waals surface area (Å²) in [6.45, 7) is 8.56. The van der Waals surface area contributed by atoms with Gasteiger partial charge in [0.15, 0.2) is 0 Å². The first-order valence-electron chi connectivity index (χ1n) is 7.74. The van der Waals surface area contributed by atoms with Crippen LogP contribution >= 0.6 is 0 Å². The Balaban J connectivity index is 2.07. The van der Waals surface area contributed by atoms with Crippen molar-refractivity contribution in [3.63, 3.8) is 0 Å². The molecule has 0 aliphatic carbocycles. The average Bonchev–Trinajstić information content (AvgIpc) is 2.46. The Morgan fingerprint density at radius 2 is 1.85 bits per heavy atom. The molecule has 20 heavy (non-hydrogen) atoms. The zero-order valence-corrected chi connectivity index (χ0v) is 13.1. The van der Waals surface area contributed by atoms with Crippen LogP contribution in [0.1, 0.15) is 45.2 Å². The van der Waals surface area contributed by atoms with Gasteiger partial charge in [-0.25, -0.2) is 4.39 Å². The minimum atomic E-state index is -0.0902. The van der Waals surface area contributed by atoms with E-state index in [1.807, 2.05) is 26.1 Å². The Labute approximate surface area is 122 Å². The predicted molar refractivity (Wildman–Crippen MR) is 83.6 cm³/mol. The number of rotatable bonds is 4. The molecule has 1 unspecified atom stereocenters. The standard InChI is InChI=1S/C17H27FN2/c1-12(2)14-7-9-20(10-8-14)17-6-5-15(11-16(17)18)13(3)19-4/h5-6,11-14,19H,7-10H2,1-4H3. The molecule has 1 atom stereocenters. The van der Waals surface area contributed by atoms with Crippen LogP contribution in [0.4, 0.5) is 10.1 Å². The van der Waals surface area contributed by atoms with Gasteiger partial charge in [0.1, 0.15) is 5.82 Å². The van der Waals surface area contributed by atoms with Crippen molar-refractivity contribution in [1.29, 1.82) is 0 Å². The molecule has 3 heteroatoms. The molecule has 1 N–H and O–H groups in total. The topological polar surface area (TPSA) is 15.3 Å². The van der Waals surface area contributed by atoms with Gasteiger partial charge in [-0.2, -0.15) is 0 Å². The highest BCUT2D eigenvalue weighted by molar-refractivity contribution is 5.50. The summed E-state index contributed by atoms with van der Waals surface area (Å²) >= 11 is 0. The van der Waals surface area contributed by atoms with Crippen molar-refractivity contribution in [2.45, 2.75) is 39.7 Å². The Hall–Kier alpha value is -1.09. The summed E-state index contributed by atoms with van der Waals surface area (Å²) in [7, 11) is 1.90. The van der Waals surface area contributed by atoms with Gasteiger partial charge in [-0.15, -0.1) is 0 Å². The van der Waals surface area contributed by atoms with E-state index in [0.29, 0.717) is 0 Å². The van der Waals surface area contributed by atoms with Gasteiger partial charge < -0.3 is 10.2 Å². The highest BCUT2D eigenvalue weighted by Crippen LogP contribution is 2.30. The third kappa shape index (κ3) is 3.32. The number of piperidine rings is 1. The fourth-order valence-corrected chi connectivity index (χ4v) is 3.02. The van der Waals surface area contributed by atoms with Crippen molar-refractivity contribution in [3.05, 3.63) is 29.6 Å². The summed E-state index contributed by atoms with van der Waals surface area (Å²) in [5.41, 5.74) is 1.77. The SMILES string of the molecule is CNC(C)c1ccc(N2CCC(C(C)C)CC2)c(F)c1. The molecule has 1 aliphatic heterocycles. The minimum Gasteiger partial charge on any atom is -0.369 e. The van der Waals surface area contributed by atoms with Crippen molar-refractivity contribution in [2.24, 2.45) is 11.8 Å². The van der Waals surface area contributed by atoms with Crippen LogP contribution in [0.25, 0.3) is 0 Å². The summed E-state index contributed by atoms with van der Waals surface area (Å²) in [5, 5.41) is 3.15. The van der Waals surface area contributed by atoms with Gasteiger partial charge in [-0.1, -0.05) is 19.9 Å². The minimum absolute atomic E-state index is 0.0902. The van der Waals surface area contributed by atoms with Gasteiger partial charge >= 0.3 is 0 Å². The number of nitrogens with zero attached hydrogens (tertiary/aromatic N) is 1. The van der Waals surface area contributed by atoms with E-state index in [9.17, 15) is 4.39 Å². The number of anilines is 1. The normalized spacial score (nSPS) is 18.6. The molecule has 0 aromatic heterocycles. The van der Waals surface area contributed by atoms with E-state index in [1.165, 1.54) is 12.8 Å². The lowest BCUT2D eigenvalue weighted by Gasteiger charge is -2.35. The molecule has 0 spiro atoms. The van der Waals surface area contributed by atoms with Gasteiger partial charge in [0, 0.05) is 19.1 Å². The Morgan fingerprint density at radius 1 is 1.20 bits per heavy atom. The van der Waals surface area contributed by atoms with Gasteiger partial charge in [0.05, 0.1) is 5.69 Å². The van der Waals surface area contributed by atoms with Crippen LogP contribution in [0.3, 0.4) is 0 Å². The molecule has 1 heterocycles. The molecule has 1 aromatic carbocycles. The molecule has 0 saturated carbocycles. The third-order valence-corrected chi connectivity index (χ3v) is 4.73. The Morgan fingerprint density at radius 3 is 2.35 bits per heavy atom. The first kappa shape index (κ1) is 15.3. The van der Waals surface area contributed by atoms with Crippen molar-refractivity contribution in [1.82, 2.24) is 5.32 Å². The first-order chi connectivity index (χ1) is 9.52. The molecular formula is C17H27FN2. The molecule has 0 bridgehead atoms. The van der Waals surface area contributed by atoms with Crippen LogP contribution in [-0.4, -0.2) is 20.1 Å². The highest BCUT2D eigenvalue weighted by atomic mass is 19.1. The van der Waals surface area contributed by atoms with Crippen LogP contribution in [0, 0.1) is 17.7 Å². The lowest BCUT2D eigenvalue weighted by molar-refractivity contribution is 0.310. The molecular weight excluding hydrogens is 251 g/mol. The smallest absolute Gasteiger partial charge is 0.146 e. The van der Waals surface area contributed by atoms with Crippen molar-refractivity contribution >= 4 is 5.69 Å². The number of hydrogen-bond donors (Lipinski definition) is 1. The molecule has 0 radical (unpaired) electrons. The van der Waals surface area contributed by atoms with Crippen LogP contribution in [0.2, 0.25) is 0 Å². The van der Waals surface area contributed by atoms with Crippen LogP contribution in [-0.2, 0) is 0 Å². The van der Waals surface area contributed by atoms with E-state index in [2.05, 4.69) is 24.1 Å². The first-order valence-corrected chi connectivity index (χ1v) is 7.74. The van der Waals surface area contributed by atoms with Crippen molar-refractivity contribution in [3.8, 4) is 0 Å². The maximum Gasteiger partial charge on any atom is 0.146 e. The summed E-state index contributed by atoms with van der Waals surface area (Å²) in [6.07, 6.45) is 2.34. The van der Waals surface area contributed by atoms with E-state index in [1.54, 1.807) is 6.07 Å². The lowest BCUT2D eigenvalue weighted by atomic mass is 9.86. The van der Waals surface area contributed by atoms with E-state index in [0.717, 1.165) is 36.2 Å². The third-order valence-electron chi connectivity index (χ3n) is 4.73. The predicted octanol–water partition coefficient (Wildman–Crippen LogP) is 3.98. The van der Waals surface area contributed by atoms with Crippen LogP contribution in [0.15, 0.2) is 18.2 Å². The maximum absolute atomic E-state index is 14.3. The second-order valence-electron chi connectivity index (χ2n) is 6.29. The van der Waals surface area contributed by atoms with Crippen LogP contribution in [0.5, 0.6) is 0 Å². The zero-order chi connectivity index (χ0) is 14.7. The molecule has 2 nitrogen and oxygen atoms in total. The van der Waals surface area contributed by atoms with Gasteiger partial charge in [-0.05, 0) is 56.3 Å². The monoisotopic (exact) mass is 278 g/mol. The summed E-state index contributed by atoms with van der Waals surface area (Å²) in [6, 6.07) is 5.83. The fourth-order valence-electron chi connectivity index (χ4n) is 3.02. The van der Waals surface area contributed by atoms with Crippen LogP contribution < -0.4 is 10.2 Å². The van der Waals surface area contributed by atoms with E-state index in [-0.39, 0.29) is 11.9 Å². The Bertz CT molecular complexity index is 437. The molecule has 0 amide bonds. The number of hydrogen-bond acceptors (Lipinski definition) is 2. The van der Waals surface area contributed by atoms with Crippen molar-refractivity contribution < 1.29 is 4.39 Å². The lowest BCUT2D eigenvalue weighted by Crippen LogP contribution is -2.35. The Kier molecular flexibility index (Phi) is 5.03. The quantitative estimate of drug-likeness (QED) is 0.896. The molecule has 112 valence electrons. The van der Waals surface area contributed by atoms with Gasteiger partial charge in [-0.3, -0.25) is 0 Å². The van der Waals surface area contributed by atoms with E-state index >= 15 is 0 Å². The molecule has 1 fully saturated rings. The summed E-state index contributed by atoms with van der Waals surface area (Å²) in [5.74, 6) is 1.44.